The maximum atomic E-state index is 13.6. The second-order valence-electron chi connectivity index (χ2n) is 7.41. The zero-order valence-corrected chi connectivity index (χ0v) is 19.0. The molecule has 0 aromatic rings. The summed E-state index contributed by atoms with van der Waals surface area (Å²) in [7, 11) is 1.85. The number of ketones is 2. The van der Waals surface area contributed by atoms with Crippen molar-refractivity contribution in [3.05, 3.63) is 12.2 Å². The van der Waals surface area contributed by atoms with Crippen molar-refractivity contribution in [3.8, 4) is 0 Å². The Labute approximate surface area is 172 Å². The topological polar surface area (TPSA) is 107 Å². The number of methoxy groups -OCH3 is 2. The van der Waals surface area contributed by atoms with Crippen molar-refractivity contribution < 1.29 is 42.1 Å². The molecule has 0 fully saturated rings. The van der Waals surface area contributed by atoms with Gasteiger partial charge in [-0.25, -0.2) is 0 Å². The molecule has 1 aliphatic rings. The Balaban J connectivity index is 3.17. The summed E-state index contributed by atoms with van der Waals surface area (Å²) in [6.45, 7) is 3.80. The van der Waals surface area contributed by atoms with E-state index in [9.17, 15) is 14.2 Å². The quantitative estimate of drug-likeness (QED) is 0.176. The van der Waals surface area contributed by atoms with Crippen LogP contribution in [0.15, 0.2) is 12.2 Å². The molecule has 168 valence electrons. The highest BCUT2D eigenvalue weighted by Crippen LogP contribution is 2.49. The molecule has 0 unspecified atom stereocenters. The first-order chi connectivity index (χ1) is 13.6. The van der Waals surface area contributed by atoms with Crippen LogP contribution in [0.25, 0.3) is 0 Å². The van der Waals surface area contributed by atoms with Gasteiger partial charge >= 0.3 is 7.60 Å². The van der Waals surface area contributed by atoms with E-state index in [0.717, 1.165) is 0 Å². The molecule has 0 amide bonds. The van der Waals surface area contributed by atoms with Crippen LogP contribution in [0.2, 0.25) is 0 Å². The number of carbonyl (C=O) groups is 2. The molecule has 0 aliphatic heterocycles. The summed E-state index contributed by atoms with van der Waals surface area (Å²) >= 11 is 0. The van der Waals surface area contributed by atoms with E-state index < -0.39 is 30.4 Å². The second kappa shape index (κ2) is 11.5. The van der Waals surface area contributed by atoms with Gasteiger partial charge in [0.1, 0.15) is 25.5 Å². The molecule has 1 aliphatic carbocycles. The molecule has 0 aromatic carbocycles. The van der Waals surface area contributed by atoms with Gasteiger partial charge in [0.2, 0.25) is 0 Å². The van der Waals surface area contributed by atoms with E-state index >= 15 is 0 Å². The molecule has 10 heteroatoms. The van der Waals surface area contributed by atoms with Crippen LogP contribution in [0.1, 0.15) is 20.3 Å². The van der Waals surface area contributed by atoms with Crippen LogP contribution in [0.3, 0.4) is 0 Å². The summed E-state index contributed by atoms with van der Waals surface area (Å²) in [5.41, 5.74) is -2.13. The summed E-state index contributed by atoms with van der Waals surface area (Å²) in [6, 6.07) is 0. The maximum absolute atomic E-state index is 13.6. The van der Waals surface area contributed by atoms with Crippen molar-refractivity contribution in [3.63, 3.8) is 0 Å². The molecule has 1 rings (SSSR count). The van der Waals surface area contributed by atoms with Crippen LogP contribution in [-0.4, -0.2) is 73.0 Å². The summed E-state index contributed by atoms with van der Waals surface area (Å²) in [5, 5.41) is 0. The molecule has 3 atom stereocenters. The van der Waals surface area contributed by atoms with Gasteiger partial charge in [-0.3, -0.25) is 14.2 Å². The number of Topliss-reactive ketones (excluding diaryl/α,β-unsaturated/α-hetero) is 2. The molecule has 0 aromatic heterocycles. The minimum atomic E-state index is -3.54. The van der Waals surface area contributed by atoms with E-state index in [1.807, 2.05) is 13.0 Å². The summed E-state index contributed by atoms with van der Waals surface area (Å²) in [6.07, 6.45) is 2.96. The van der Waals surface area contributed by atoms with Crippen LogP contribution in [-0.2, 0) is 42.1 Å². The average molecular weight is 436 g/mol. The highest BCUT2D eigenvalue weighted by atomic mass is 31.2. The molecule has 0 saturated carbocycles. The Morgan fingerprint density at radius 1 is 1.07 bits per heavy atom. The van der Waals surface area contributed by atoms with Crippen LogP contribution < -0.4 is 0 Å². The van der Waals surface area contributed by atoms with Gasteiger partial charge in [0.05, 0.1) is 24.0 Å². The third kappa shape index (κ3) is 6.52. The molecular formula is C19H33O9P. The Hall–Kier alpha value is -0.930. The molecule has 29 heavy (non-hydrogen) atoms. The Morgan fingerprint density at radius 2 is 1.62 bits per heavy atom. The smallest absolute Gasteiger partial charge is 0.337 e. The van der Waals surface area contributed by atoms with Crippen LogP contribution in [0.5, 0.6) is 0 Å². The fraction of sp³-hybridized carbons (Fsp3) is 0.789. The minimum absolute atomic E-state index is 0.0296. The van der Waals surface area contributed by atoms with E-state index in [2.05, 4.69) is 0 Å². The molecular weight excluding hydrogens is 403 g/mol. The Bertz CT molecular complexity index is 627. The zero-order valence-electron chi connectivity index (χ0n) is 18.1. The highest BCUT2D eigenvalue weighted by molar-refractivity contribution is 7.54. The van der Waals surface area contributed by atoms with Gasteiger partial charge in [-0.2, -0.15) is 0 Å². The minimum Gasteiger partial charge on any atom is -0.359 e. The first-order valence-corrected chi connectivity index (χ1v) is 11.0. The predicted octanol–water partition coefficient (Wildman–Crippen LogP) is 2.44. The van der Waals surface area contributed by atoms with Crippen molar-refractivity contribution in [2.45, 2.75) is 20.3 Å². The van der Waals surface area contributed by atoms with Crippen molar-refractivity contribution in [2.24, 2.45) is 16.7 Å². The zero-order chi connectivity index (χ0) is 22.1. The molecule has 0 N–H and O–H groups in total. The molecule has 9 nitrogen and oxygen atoms in total. The van der Waals surface area contributed by atoms with Crippen molar-refractivity contribution in [2.75, 3.05) is 61.4 Å². The lowest BCUT2D eigenvalue weighted by molar-refractivity contribution is -0.155. The van der Waals surface area contributed by atoms with Crippen LogP contribution in [0.4, 0.5) is 0 Å². The fourth-order valence-corrected chi connectivity index (χ4v) is 4.32. The van der Waals surface area contributed by atoms with Gasteiger partial charge in [-0.1, -0.05) is 19.1 Å². The second-order valence-corrected chi connectivity index (χ2v) is 9.68. The number of hydrogen-bond donors (Lipinski definition) is 0. The lowest BCUT2D eigenvalue weighted by Crippen LogP contribution is -2.52. The fourth-order valence-electron chi connectivity index (χ4n) is 3.36. The summed E-state index contributed by atoms with van der Waals surface area (Å²) in [4.78, 5) is 26.4. The van der Waals surface area contributed by atoms with Crippen LogP contribution in [0, 0.1) is 16.7 Å². The predicted molar refractivity (Wildman–Crippen MR) is 106 cm³/mol. The van der Waals surface area contributed by atoms with Gasteiger partial charge in [-0.15, -0.1) is 0 Å². The van der Waals surface area contributed by atoms with Gasteiger partial charge in [0, 0.05) is 34.9 Å². The summed E-state index contributed by atoms with van der Waals surface area (Å²) < 4.78 is 42.9. The van der Waals surface area contributed by atoms with Crippen molar-refractivity contribution in [1.82, 2.24) is 0 Å². The largest absolute Gasteiger partial charge is 0.359 e. The summed E-state index contributed by atoms with van der Waals surface area (Å²) in [5.74, 6) is -0.738. The lowest BCUT2D eigenvalue weighted by atomic mass is 9.60. The van der Waals surface area contributed by atoms with Gasteiger partial charge in [-0.05, 0) is 12.8 Å². The van der Waals surface area contributed by atoms with E-state index in [4.69, 9.17) is 28.0 Å². The molecule has 0 heterocycles. The lowest BCUT2D eigenvalue weighted by Gasteiger charge is -2.44. The number of ether oxygens (including phenoxy) is 4. The van der Waals surface area contributed by atoms with Crippen molar-refractivity contribution >= 4 is 19.2 Å². The molecule has 0 bridgehead atoms. The number of allylic oxidation sites excluding steroid dienone is 1. The first-order valence-electron chi connectivity index (χ1n) is 9.23. The van der Waals surface area contributed by atoms with E-state index in [1.54, 1.807) is 13.0 Å². The molecule has 0 saturated heterocycles. The normalized spacial score (nSPS) is 27.4. The Kier molecular flexibility index (Phi) is 10.3. The standard InChI is InChI=1S/C19H33O9P/c1-15-7-8-19(12-28-14-24-4,9-16(20)10-29(22,25-5)26-6)17(21)18(15,2)11-27-13-23-3/h7-8,15H,9-14H2,1-6H3/t15-,18+,19-/m1/s1. The average Bonchev–Trinajstić information content (AvgIpc) is 2.70. The van der Waals surface area contributed by atoms with Crippen LogP contribution >= 0.6 is 7.60 Å². The van der Waals surface area contributed by atoms with E-state index in [0.29, 0.717) is 0 Å². The third-order valence-electron chi connectivity index (χ3n) is 5.28. The number of carbonyl (C=O) groups excluding carboxylic acids is 2. The molecule has 0 radical (unpaired) electrons. The molecule has 0 spiro atoms. The van der Waals surface area contributed by atoms with Gasteiger partial charge < -0.3 is 28.0 Å². The Morgan fingerprint density at radius 3 is 2.14 bits per heavy atom. The monoisotopic (exact) mass is 436 g/mol. The number of rotatable bonds is 14. The van der Waals surface area contributed by atoms with E-state index in [-0.39, 0.29) is 44.9 Å². The third-order valence-corrected chi connectivity index (χ3v) is 7.14. The SMILES string of the molecule is COCOC[C@]1(CC(=O)CP(=O)(OC)OC)C=C[C@@H](C)[C@](C)(COCOC)C1=O. The maximum Gasteiger partial charge on any atom is 0.337 e. The van der Waals surface area contributed by atoms with Crippen molar-refractivity contribution in [1.29, 1.82) is 0 Å². The van der Waals surface area contributed by atoms with Gasteiger partial charge in [0.25, 0.3) is 0 Å². The van der Waals surface area contributed by atoms with Gasteiger partial charge in [0.15, 0.2) is 5.78 Å². The number of hydrogen-bond acceptors (Lipinski definition) is 9. The highest BCUT2D eigenvalue weighted by Gasteiger charge is 2.53. The first kappa shape index (κ1) is 26.1. The van der Waals surface area contributed by atoms with E-state index in [1.165, 1.54) is 28.4 Å².